The van der Waals surface area contributed by atoms with Gasteiger partial charge < -0.3 is 4.74 Å². The number of fused-ring (bicyclic) bond motifs is 1. The molecule has 1 aliphatic heterocycles. The zero-order valence-corrected chi connectivity index (χ0v) is 22.1. The number of carbonyl (C=O) groups is 1. The third kappa shape index (κ3) is 5.52. The van der Waals surface area contributed by atoms with Crippen LogP contribution in [-0.4, -0.2) is 53.0 Å². The van der Waals surface area contributed by atoms with Crippen molar-refractivity contribution in [2.75, 3.05) is 18.1 Å². The van der Waals surface area contributed by atoms with E-state index in [-0.39, 0.29) is 29.1 Å². The summed E-state index contributed by atoms with van der Waals surface area (Å²) in [6.07, 6.45) is 7.95. The third-order valence-corrected chi connectivity index (χ3v) is 8.92. The van der Waals surface area contributed by atoms with E-state index in [1.807, 2.05) is 63.2 Å². The molecular formula is C27H37N3O4S. The zero-order valence-electron chi connectivity index (χ0n) is 21.3. The number of pyridine rings is 2. The van der Waals surface area contributed by atoms with Crippen LogP contribution in [0, 0.1) is 0 Å². The summed E-state index contributed by atoms with van der Waals surface area (Å²) in [5.74, 6) is 0.272. The van der Waals surface area contributed by atoms with E-state index >= 15 is 0 Å². The fourth-order valence-electron chi connectivity index (χ4n) is 5.35. The molecule has 7 nitrogen and oxygen atoms in total. The average Bonchev–Trinajstić information content (AvgIpc) is 2.76. The fourth-order valence-corrected chi connectivity index (χ4v) is 6.70. The van der Waals surface area contributed by atoms with Gasteiger partial charge in [0.25, 0.3) is 0 Å². The van der Waals surface area contributed by atoms with Crippen LogP contribution in [0.3, 0.4) is 0 Å². The molecule has 1 atom stereocenters. The topological polar surface area (TPSA) is 89.5 Å². The highest BCUT2D eigenvalue weighted by molar-refractivity contribution is 7.91. The SMILES string of the molecule is CCCS(=O)(=O)CCc1cc2c(cn1)CCN(C(=O)OC(C)(C)C)C2C1(c2ccccn2)CCC1. The van der Waals surface area contributed by atoms with Gasteiger partial charge in [0.1, 0.15) is 5.60 Å². The summed E-state index contributed by atoms with van der Waals surface area (Å²) in [4.78, 5) is 24.7. The summed E-state index contributed by atoms with van der Waals surface area (Å²) in [7, 11) is -3.11. The van der Waals surface area contributed by atoms with Crippen molar-refractivity contribution in [1.29, 1.82) is 0 Å². The number of ether oxygens (including phenoxy) is 1. The first-order valence-corrected chi connectivity index (χ1v) is 14.5. The van der Waals surface area contributed by atoms with E-state index in [9.17, 15) is 13.2 Å². The molecule has 1 amide bonds. The van der Waals surface area contributed by atoms with Crippen LogP contribution in [0.5, 0.6) is 0 Å². The number of rotatable bonds is 7. The van der Waals surface area contributed by atoms with Crippen LogP contribution in [0.2, 0.25) is 0 Å². The summed E-state index contributed by atoms with van der Waals surface area (Å²) in [6.45, 7) is 8.07. The quantitative estimate of drug-likeness (QED) is 0.544. The van der Waals surface area contributed by atoms with Crippen LogP contribution in [0.15, 0.2) is 36.7 Å². The Balaban J connectivity index is 1.76. The van der Waals surface area contributed by atoms with E-state index < -0.39 is 15.4 Å². The second-order valence-corrected chi connectivity index (χ2v) is 13.1. The third-order valence-electron chi connectivity index (χ3n) is 7.06. The average molecular weight is 500 g/mol. The van der Waals surface area contributed by atoms with Crippen molar-refractivity contribution < 1.29 is 17.9 Å². The molecule has 1 fully saturated rings. The Morgan fingerprint density at radius 1 is 1.20 bits per heavy atom. The van der Waals surface area contributed by atoms with Crippen LogP contribution < -0.4 is 0 Å². The Morgan fingerprint density at radius 2 is 1.97 bits per heavy atom. The van der Waals surface area contributed by atoms with E-state index in [1.54, 1.807) is 0 Å². The smallest absolute Gasteiger partial charge is 0.410 e. The van der Waals surface area contributed by atoms with Gasteiger partial charge in [-0.25, -0.2) is 13.2 Å². The predicted molar refractivity (Wildman–Crippen MR) is 136 cm³/mol. The summed E-state index contributed by atoms with van der Waals surface area (Å²) in [5.41, 5.74) is 2.98. The number of nitrogens with zero attached hydrogens (tertiary/aromatic N) is 3. The first-order valence-electron chi connectivity index (χ1n) is 12.6. The van der Waals surface area contributed by atoms with E-state index in [4.69, 9.17) is 9.72 Å². The summed E-state index contributed by atoms with van der Waals surface area (Å²) in [6, 6.07) is 7.76. The van der Waals surface area contributed by atoms with Crippen LogP contribution in [0.25, 0.3) is 0 Å². The number of sulfone groups is 1. The molecule has 0 spiro atoms. The summed E-state index contributed by atoms with van der Waals surface area (Å²) in [5, 5.41) is 0. The minimum Gasteiger partial charge on any atom is -0.444 e. The standard InChI is InChI=1S/C27H37N3O4S/c1-5-16-35(32,33)17-11-21-18-22-20(19-29-21)10-15-30(25(31)34-26(2,3)4)24(22)27(12-8-13-27)23-9-6-7-14-28-23/h6-7,9,14,18-19,24H,5,8,10-13,15-17H2,1-4H3. The Kier molecular flexibility index (Phi) is 7.23. The molecule has 2 aromatic rings. The van der Waals surface area contributed by atoms with Crippen molar-refractivity contribution in [2.24, 2.45) is 0 Å². The van der Waals surface area contributed by atoms with Gasteiger partial charge in [-0.15, -0.1) is 0 Å². The molecule has 0 bridgehead atoms. The molecule has 0 radical (unpaired) electrons. The Hall–Kier alpha value is -2.48. The van der Waals surface area contributed by atoms with Crippen molar-refractivity contribution >= 4 is 15.9 Å². The molecule has 1 aliphatic carbocycles. The van der Waals surface area contributed by atoms with Crippen molar-refractivity contribution in [1.82, 2.24) is 14.9 Å². The minimum absolute atomic E-state index is 0.0818. The predicted octanol–water partition coefficient (Wildman–Crippen LogP) is 4.80. The van der Waals surface area contributed by atoms with Gasteiger partial charge in [0.15, 0.2) is 9.84 Å². The lowest BCUT2D eigenvalue weighted by Crippen LogP contribution is -2.54. The van der Waals surface area contributed by atoms with Crippen LogP contribution in [0.4, 0.5) is 4.79 Å². The van der Waals surface area contributed by atoms with Gasteiger partial charge >= 0.3 is 6.09 Å². The fraction of sp³-hybridized carbons (Fsp3) is 0.593. The highest BCUT2D eigenvalue weighted by atomic mass is 32.2. The van der Waals surface area contributed by atoms with Gasteiger partial charge in [0, 0.05) is 47.9 Å². The molecule has 1 saturated carbocycles. The second-order valence-electron chi connectivity index (χ2n) is 10.8. The lowest BCUT2D eigenvalue weighted by molar-refractivity contribution is -0.00896. The van der Waals surface area contributed by atoms with Crippen LogP contribution in [0.1, 0.15) is 81.9 Å². The van der Waals surface area contributed by atoms with Gasteiger partial charge in [0.2, 0.25) is 0 Å². The van der Waals surface area contributed by atoms with Crippen molar-refractivity contribution in [3.05, 3.63) is 59.2 Å². The van der Waals surface area contributed by atoms with Crippen LogP contribution in [-0.2, 0) is 32.8 Å². The molecule has 1 unspecified atom stereocenters. The van der Waals surface area contributed by atoms with Crippen LogP contribution >= 0.6 is 0 Å². The number of aromatic nitrogens is 2. The van der Waals surface area contributed by atoms with E-state index in [0.717, 1.165) is 41.8 Å². The number of hydrogen-bond acceptors (Lipinski definition) is 6. The molecule has 2 aromatic heterocycles. The van der Waals surface area contributed by atoms with Crippen molar-refractivity contribution in [3.8, 4) is 0 Å². The number of amides is 1. The van der Waals surface area contributed by atoms with Crippen molar-refractivity contribution in [2.45, 2.75) is 83.3 Å². The summed E-state index contributed by atoms with van der Waals surface area (Å²) < 4.78 is 30.5. The number of carbonyl (C=O) groups excluding carboxylic acids is 1. The van der Waals surface area contributed by atoms with Gasteiger partial charge in [-0.2, -0.15) is 0 Å². The lowest BCUT2D eigenvalue weighted by Gasteiger charge is -2.53. The van der Waals surface area contributed by atoms with Gasteiger partial charge in [-0.05, 0) is 75.8 Å². The number of aryl methyl sites for hydroxylation is 1. The maximum absolute atomic E-state index is 13.5. The highest BCUT2D eigenvalue weighted by Gasteiger charge is 2.53. The first kappa shape index (κ1) is 25.6. The molecule has 2 aliphatic rings. The largest absolute Gasteiger partial charge is 0.444 e. The maximum atomic E-state index is 13.5. The lowest BCUT2D eigenvalue weighted by atomic mass is 9.59. The first-order chi connectivity index (χ1) is 16.5. The van der Waals surface area contributed by atoms with E-state index in [2.05, 4.69) is 11.1 Å². The van der Waals surface area contributed by atoms with E-state index in [0.29, 0.717) is 25.8 Å². The molecule has 35 heavy (non-hydrogen) atoms. The molecule has 0 N–H and O–H groups in total. The Morgan fingerprint density at radius 3 is 2.57 bits per heavy atom. The van der Waals surface area contributed by atoms with Gasteiger partial charge in [-0.1, -0.05) is 19.4 Å². The van der Waals surface area contributed by atoms with E-state index in [1.165, 1.54) is 0 Å². The second kappa shape index (κ2) is 9.88. The highest BCUT2D eigenvalue weighted by Crippen LogP contribution is 2.55. The van der Waals surface area contributed by atoms with Gasteiger partial charge in [0.05, 0.1) is 11.8 Å². The summed E-state index contributed by atoms with van der Waals surface area (Å²) >= 11 is 0. The monoisotopic (exact) mass is 499 g/mol. The molecule has 190 valence electrons. The molecule has 0 aromatic carbocycles. The van der Waals surface area contributed by atoms with Crippen molar-refractivity contribution in [3.63, 3.8) is 0 Å². The zero-order chi connectivity index (χ0) is 25.3. The normalized spacial score (nSPS) is 19.5. The Labute approximate surface area is 209 Å². The van der Waals surface area contributed by atoms with Gasteiger partial charge in [-0.3, -0.25) is 14.9 Å². The Bertz CT molecular complexity index is 1150. The minimum atomic E-state index is -3.11. The molecule has 4 rings (SSSR count). The maximum Gasteiger partial charge on any atom is 0.410 e. The molecule has 8 heteroatoms. The molecular weight excluding hydrogens is 462 g/mol. The molecule has 0 saturated heterocycles. The molecule has 3 heterocycles. The number of hydrogen-bond donors (Lipinski definition) is 0.